The average molecular weight is 461 g/mol. The average Bonchev–Trinajstić information content (AvgIpc) is 3.42. The van der Waals surface area contributed by atoms with E-state index in [0.717, 1.165) is 17.5 Å². The first-order valence-electron chi connectivity index (χ1n) is 11.3. The van der Waals surface area contributed by atoms with Gasteiger partial charge in [0.2, 0.25) is 0 Å². The van der Waals surface area contributed by atoms with Crippen molar-refractivity contribution in [1.29, 1.82) is 0 Å². The number of nitrogens with one attached hydrogen (secondary N) is 1. The summed E-state index contributed by atoms with van der Waals surface area (Å²) in [6.07, 6.45) is 3.33. The van der Waals surface area contributed by atoms with E-state index in [4.69, 9.17) is 9.15 Å². The molecule has 0 saturated heterocycles. The van der Waals surface area contributed by atoms with Gasteiger partial charge in [-0.15, -0.1) is 0 Å². The number of rotatable bonds is 5. The van der Waals surface area contributed by atoms with Gasteiger partial charge < -0.3 is 14.5 Å². The highest BCUT2D eigenvalue weighted by atomic mass is 19.1. The van der Waals surface area contributed by atoms with Crippen molar-refractivity contribution in [1.82, 2.24) is 5.32 Å². The molecular formula is C27H24FNO5. The molecule has 34 heavy (non-hydrogen) atoms. The second kappa shape index (κ2) is 8.56. The van der Waals surface area contributed by atoms with Gasteiger partial charge in [-0.25, -0.2) is 4.39 Å². The number of hydrogen-bond acceptors (Lipinski definition) is 5. The molecule has 7 heteroatoms. The van der Waals surface area contributed by atoms with Crippen molar-refractivity contribution in [2.24, 2.45) is 0 Å². The number of aryl methyl sites for hydroxylation is 2. The number of carbonyl (C=O) groups is 3. The summed E-state index contributed by atoms with van der Waals surface area (Å²) in [6, 6.07) is 8.13. The molecule has 0 bridgehead atoms. The number of Topliss-reactive ketones (excluding diaryl/α,β-unsaturated/α-hetero) is 2. The summed E-state index contributed by atoms with van der Waals surface area (Å²) < 4.78 is 26.3. The van der Waals surface area contributed by atoms with Crippen LogP contribution in [0.3, 0.4) is 0 Å². The predicted molar refractivity (Wildman–Crippen MR) is 123 cm³/mol. The molecular weight excluding hydrogens is 437 g/mol. The summed E-state index contributed by atoms with van der Waals surface area (Å²) in [5, 5.41) is 2.85. The largest absolute Gasteiger partial charge is 0.487 e. The Morgan fingerprint density at radius 3 is 2.76 bits per heavy atom. The van der Waals surface area contributed by atoms with Crippen molar-refractivity contribution in [3.8, 4) is 16.9 Å². The maximum absolute atomic E-state index is 14.7. The topological polar surface area (TPSA) is 85.6 Å². The number of ether oxygens (including phenoxy) is 1. The number of fused-ring (bicyclic) bond motifs is 2. The van der Waals surface area contributed by atoms with Crippen LogP contribution in [0.4, 0.5) is 4.39 Å². The summed E-state index contributed by atoms with van der Waals surface area (Å²) in [5.41, 5.74) is 3.81. The summed E-state index contributed by atoms with van der Waals surface area (Å²) in [7, 11) is 0. The lowest BCUT2D eigenvalue weighted by atomic mass is 9.94. The van der Waals surface area contributed by atoms with E-state index in [9.17, 15) is 18.8 Å². The van der Waals surface area contributed by atoms with Crippen LogP contribution in [0.1, 0.15) is 67.7 Å². The van der Waals surface area contributed by atoms with Crippen molar-refractivity contribution in [3.05, 3.63) is 76.0 Å². The van der Waals surface area contributed by atoms with Crippen molar-refractivity contribution < 1.29 is 27.9 Å². The second-order valence-electron chi connectivity index (χ2n) is 8.93. The Morgan fingerprint density at radius 1 is 1.15 bits per heavy atom. The molecule has 1 N–H and O–H groups in total. The minimum atomic E-state index is -0.437. The third-order valence-corrected chi connectivity index (χ3v) is 6.39. The van der Waals surface area contributed by atoms with Crippen LogP contribution in [0.5, 0.6) is 5.75 Å². The molecule has 1 aliphatic carbocycles. The van der Waals surface area contributed by atoms with Crippen molar-refractivity contribution in [2.45, 2.75) is 45.6 Å². The molecule has 5 rings (SSSR count). The lowest BCUT2D eigenvalue weighted by Crippen LogP contribution is -2.35. The third-order valence-electron chi connectivity index (χ3n) is 6.39. The van der Waals surface area contributed by atoms with Gasteiger partial charge in [0.15, 0.2) is 11.6 Å². The molecule has 6 nitrogen and oxygen atoms in total. The predicted octanol–water partition coefficient (Wildman–Crippen LogP) is 4.85. The molecule has 0 spiro atoms. The Hall–Kier alpha value is -3.74. The van der Waals surface area contributed by atoms with Gasteiger partial charge in [-0.05, 0) is 55.7 Å². The first kappa shape index (κ1) is 22.1. The highest BCUT2D eigenvalue weighted by molar-refractivity contribution is 6.09. The van der Waals surface area contributed by atoms with Crippen molar-refractivity contribution in [3.63, 3.8) is 0 Å². The molecule has 0 radical (unpaired) electrons. The quantitative estimate of drug-likeness (QED) is 0.549. The lowest BCUT2D eigenvalue weighted by molar-refractivity contribution is 0.0914. The smallest absolute Gasteiger partial charge is 0.255 e. The molecule has 2 aliphatic rings. The third kappa shape index (κ3) is 3.91. The molecule has 1 aliphatic heterocycles. The standard InChI is InChI=1S/C27H24FNO5/c1-14-8-17-10-18(12-29-27(32)21-13-33-24-5-3-4-23(31)25(21)24)34-26(17)20(9-14)19-11-16(15(2)30)6-7-22(19)28/h6-9,11,13,18H,3-5,10,12H2,1-2H3,(H,29,32). The number of furan rings is 1. The molecule has 1 unspecified atom stereocenters. The molecule has 2 aromatic carbocycles. The van der Waals surface area contributed by atoms with E-state index < -0.39 is 5.82 Å². The number of ketones is 2. The number of amides is 1. The Balaban J connectivity index is 1.36. The highest BCUT2D eigenvalue weighted by Crippen LogP contribution is 2.41. The highest BCUT2D eigenvalue weighted by Gasteiger charge is 2.30. The lowest BCUT2D eigenvalue weighted by Gasteiger charge is -2.15. The van der Waals surface area contributed by atoms with Crippen molar-refractivity contribution >= 4 is 17.5 Å². The van der Waals surface area contributed by atoms with Gasteiger partial charge in [-0.2, -0.15) is 0 Å². The number of halogens is 1. The van der Waals surface area contributed by atoms with Crippen LogP contribution < -0.4 is 10.1 Å². The summed E-state index contributed by atoms with van der Waals surface area (Å²) >= 11 is 0. The first-order chi connectivity index (χ1) is 16.3. The second-order valence-corrected chi connectivity index (χ2v) is 8.93. The van der Waals surface area contributed by atoms with Gasteiger partial charge in [-0.3, -0.25) is 14.4 Å². The molecule has 3 aromatic rings. The van der Waals surface area contributed by atoms with E-state index in [1.807, 2.05) is 19.1 Å². The van der Waals surface area contributed by atoms with Crippen LogP contribution in [-0.4, -0.2) is 30.1 Å². The van der Waals surface area contributed by atoms with Gasteiger partial charge in [0, 0.05) is 36.0 Å². The number of benzene rings is 2. The maximum Gasteiger partial charge on any atom is 0.255 e. The van der Waals surface area contributed by atoms with E-state index in [2.05, 4.69) is 5.32 Å². The van der Waals surface area contributed by atoms with Crippen LogP contribution in [-0.2, 0) is 12.8 Å². The van der Waals surface area contributed by atoms with Crippen LogP contribution in [0.15, 0.2) is 41.0 Å². The zero-order valence-corrected chi connectivity index (χ0v) is 19.0. The van der Waals surface area contributed by atoms with Crippen molar-refractivity contribution in [2.75, 3.05) is 6.54 Å². The molecule has 0 saturated carbocycles. The summed E-state index contributed by atoms with van der Waals surface area (Å²) in [5.74, 6) is 0.0942. The fourth-order valence-electron chi connectivity index (χ4n) is 4.75. The minimum absolute atomic E-state index is 0.0698. The van der Waals surface area contributed by atoms with Gasteiger partial charge in [0.25, 0.3) is 5.91 Å². The summed E-state index contributed by atoms with van der Waals surface area (Å²) in [4.78, 5) is 36.9. The Labute approximate surface area is 196 Å². The fraction of sp³-hybridized carbons (Fsp3) is 0.296. The van der Waals surface area contributed by atoms with E-state index in [0.29, 0.717) is 53.0 Å². The molecule has 174 valence electrons. The van der Waals surface area contributed by atoms with Crippen LogP contribution in [0.25, 0.3) is 11.1 Å². The number of carbonyl (C=O) groups excluding carboxylic acids is 3. The molecule has 0 fully saturated rings. The van der Waals surface area contributed by atoms with Gasteiger partial charge in [-0.1, -0.05) is 6.07 Å². The maximum atomic E-state index is 14.7. The van der Waals surface area contributed by atoms with Crippen LogP contribution in [0.2, 0.25) is 0 Å². The zero-order valence-electron chi connectivity index (χ0n) is 19.0. The van der Waals surface area contributed by atoms with Gasteiger partial charge in [0.1, 0.15) is 29.7 Å². The van der Waals surface area contributed by atoms with Crippen LogP contribution in [0, 0.1) is 12.7 Å². The van der Waals surface area contributed by atoms with Gasteiger partial charge >= 0.3 is 0 Å². The molecule has 2 heterocycles. The normalized spacial score (nSPS) is 16.6. The van der Waals surface area contributed by atoms with E-state index in [1.165, 1.54) is 25.3 Å². The molecule has 1 amide bonds. The van der Waals surface area contributed by atoms with E-state index in [-0.39, 0.29) is 35.7 Å². The number of hydrogen-bond donors (Lipinski definition) is 1. The molecule has 1 aromatic heterocycles. The van der Waals surface area contributed by atoms with E-state index >= 15 is 0 Å². The van der Waals surface area contributed by atoms with Gasteiger partial charge in [0.05, 0.1) is 17.7 Å². The fourth-order valence-corrected chi connectivity index (χ4v) is 4.75. The monoisotopic (exact) mass is 461 g/mol. The summed E-state index contributed by atoms with van der Waals surface area (Å²) in [6.45, 7) is 3.58. The Morgan fingerprint density at radius 2 is 1.97 bits per heavy atom. The first-order valence-corrected chi connectivity index (χ1v) is 11.3. The Bertz CT molecular complexity index is 1340. The SMILES string of the molecule is CC(=O)c1ccc(F)c(-c2cc(C)cc3c2OC(CNC(=O)c2coc4c2C(=O)CCC4)C3)c1. The van der Waals surface area contributed by atoms with Crippen LogP contribution >= 0.6 is 0 Å². The zero-order chi connectivity index (χ0) is 24.0. The van der Waals surface area contributed by atoms with E-state index in [1.54, 1.807) is 6.07 Å². The Kier molecular flexibility index (Phi) is 5.55. The molecule has 1 atom stereocenters. The minimum Gasteiger partial charge on any atom is -0.487 e.